The summed E-state index contributed by atoms with van der Waals surface area (Å²) in [5, 5.41) is 2.93. The van der Waals surface area contributed by atoms with Gasteiger partial charge in [0.2, 0.25) is 0 Å². The summed E-state index contributed by atoms with van der Waals surface area (Å²) in [6.07, 6.45) is 2.19. The molecule has 0 fully saturated rings. The molecule has 0 bridgehead atoms. The number of aromatic nitrogens is 1. The second-order valence-electron chi connectivity index (χ2n) is 6.17. The van der Waals surface area contributed by atoms with Crippen LogP contribution in [-0.4, -0.2) is 28.7 Å². The Hall–Kier alpha value is -2.89. The Morgan fingerprint density at radius 1 is 1.19 bits per heavy atom. The van der Waals surface area contributed by atoms with Crippen molar-refractivity contribution in [3.8, 4) is 0 Å². The average Bonchev–Trinajstić information content (AvgIpc) is 3.12. The summed E-state index contributed by atoms with van der Waals surface area (Å²) in [7, 11) is 0. The van der Waals surface area contributed by atoms with E-state index in [2.05, 4.69) is 10.3 Å². The van der Waals surface area contributed by atoms with Gasteiger partial charge in [0.05, 0.1) is 6.04 Å². The molecule has 2 aromatic rings. The number of rotatable bonds is 8. The molecule has 2 N–H and O–H groups in total. The van der Waals surface area contributed by atoms with Crippen molar-refractivity contribution in [1.82, 2.24) is 10.3 Å². The van der Waals surface area contributed by atoms with Gasteiger partial charge in [-0.2, -0.15) is 0 Å². The molecule has 0 saturated carbocycles. The zero-order chi connectivity index (χ0) is 19.1. The van der Waals surface area contributed by atoms with Crippen LogP contribution >= 0.6 is 0 Å². The highest BCUT2D eigenvalue weighted by Crippen LogP contribution is 2.18. The lowest BCUT2D eigenvalue weighted by molar-refractivity contribution is -0.129. The Morgan fingerprint density at radius 2 is 1.88 bits per heavy atom. The van der Waals surface area contributed by atoms with Crippen LogP contribution in [0, 0.1) is 0 Å². The number of benzene rings is 1. The number of ether oxygens (including phenoxy) is 1. The number of ketones is 1. The Kier molecular flexibility index (Phi) is 6.72. The zero-order valence-electron chi connectivity index (χ0n) is 15.2. The van der Waals surface area contributed by atoms with Crippen molar-refractivity contribution < 1.29 is 19.1 Å². The molecular weight excluding hydrogens is 332 g/mol. The highest BCUT2D eigenvalue weighted by Gasteiger charge is 2.23. The van der Waals surface area contributed by atoms with Gasteiger partial charge in [-0.15, -0.1) is 0 Å². The van der Waals surface area contributed by atoms with Gasteiger partial charge in [0, 0.05) is 11.8 Å². The first-order valence-electron chi connectivity index (χ1n) is 8.68. The maximum atomic E-state index is 12.4. The molecule has 1 aromatic heterocycles. The summed E-state index contributed by atoms with van der Waals surface area (Å²) in [6.45, 7) is 4.98. The third-order valence-corrected chi connectivity index (χ3v) is 4.06. The van der Waals surface area contributed by atoms with Crippen LogP contribution in [0.3, 0.4) is 0 Å². The number of nitrogens with one attached hydrogen (secondary N) is 2. The number of amides is 1. The highest BCUT2D eigenvalue weighted by molar-refractivity contribution is 5.98. The SMILES string of the molecule is CCC[C@@H](NC(=O)[C@H](C)OC(=O)c1cc(C(C)=O)c[nH]1)c1ccccc1. The molecule has 0 unspecified atom stereocenters. The van der Waals surface area contributed by atoms with E-state index in [1.54, 1.807) is 0 Å². The van der Waals surface area contributed by atoms with Gasteiger partial charge < -0.3 is 15.0 Å². The minimum Gasteiger partial charge on any atom is -0.448 e. The number of hydrogen-bond acceptors (Lipinski definition) is 4. The molecule has 2 rings (SSSR count). The van der Waals surface area contributed by atoms with Gasteiger partial charge in [-0.05, 0) is 31.9 Å². The van der Waals surface area contributed by atoms with Crippen LogP contribution in [-0.2, 0) is 9.53 Å². The van der Waals surface area contributed by atoms with E-state index in [0.717, 1.165) is 18.4 Å². The van der Waals surface area contributed by atoms with Crippen molar-refractivity contribution in [2.75, 3.05) is 0 Å². The van der Waals surface area contributed by atoms with Crippen LogP contribution in [0.2, 0.25) is 0 Å². The van der Waals surface area contributed by atoms with Crippen molar-refractivity contribution >= 4 is 17.7 Å². The summed E-state index contributed by atoms with van der Waals surface area (Å²) >= 11 is 0. The molecule has 6 heteroatoms. The van der Waals surface area contributed by atoms with E-state index in [0.29, 0.717) is 5.56 Å². The summed E-state index contributed by atoms with van der Waals surface area (Å²) in [5.74, 6) is -1.19. The molecule has 0 aliphatic carbocycles. The number of hydrogen-bond donors (Lipinski definition) is 2. The van der Waals surface area contributed by atoms with E-state index in [9.17, 15) is 14.4 Å². The monoisotopic (exact) mass is 356 g/mol. The Labute approximate surface area is 152 Å². The molecule has 0 radical (unpaired) electrons. The minimum absolute atomic E-state index is 0.135. The molecule has 138 valence electrons. The van der Waals surface area contributed by atoms with Crippen LogP contribution in [0.4, 0.5) is 0 Å². The molecule has 1 aromatic carbocycles. The number of carbonyl (C=O) groups excluding carboxylic acids is 3. The van der Waals surface area contributed by atoms with Gasteiger partial charge in [0.25, 0.3) is 5.91 Å². The lowest BCUT2D eigenvalue weighted by Crippen LogP contribution is -2.38. The maximum Gasteiger partial charge on any atom is 0.355 e. The van der Waals surface area contributed by atoms with Crippen LogP contribution in [0.15, 0.2) is 42.6 Å². The fourth-order valence-corrected chi connectivity index (χ4v) is 2.58. The van der Waals surface area contributed by atoms with Gasteiger partial charge in [-0.25, -0.2) is 4.79 Å². The number of Topliss-reactive ketones (excluding diaryl/α,β-unsaturated/α-hetero) is 1. The van der Waals surface area contributed by atoms with Crippen molar-refractivity contribution in [2.45, 2.75) is 45.8 Å². The van der Waals surface area contributed by atoms with E-state index in [4.69, 9.17) is 4.74 Å². The van der Waals surface area contributed by atoms with Gasteiger partial charge in [0.1, 0.15) is 5.69 Å². The third-order valence-electron chi connectivity index (χ3n) is 4.06. The highest BCUT2D eigenvalue weighted by atomic mass is 16.5. The second kappa shape index (κ2) is 8.99. The van der Waals surface area contributed by atoms with Crippen LogP contribution in [0.1, 0.15) is 66.1 Å². The molecule has 26 heavy (non-hydrogen) atoms. The first-order valence-corrected chi connectivity index (χ1v) is 8.68. The van der Waals surface area contributed by atoms with Gasteiger partial charge in [0.15, 0.2) is 11.9 Å². The topological polar surface area (TPSA) is 88.3 Å². The minimum atomic E-state index is -0.949. The fourth-order valence-electron chi connectivity index (χ4n) is 2.58. The molecule has 1 amide bonds. The smallest absolute Gasteiger partial charge is 0.355 e. The number of aromatic amines is 1. The maximum absolute atomic E-state index is 12.4. The van der Waals surface area contributed by atoms with Gasteiger partial charge in [-0.1, -0.05) is 43.7 Å². The van der Waals surface area contributed by atoms with Crippen LogP contribution in [0.5, 0.6) is 0 Å². The standard InChI is InChI=1S/C20H24N2O4/c1-4-8-17(15-9-6-5-7-10-15)22-19(24)14(3)26-20(25)18-11-16(12-21-18)13(2)23/h5-7,9-12,14,17,21H,4,8H2,1-3H3,(H,22,24)/t14-,17+/m0/s1. The molecule has 1 heterocycles. The number of carbonyl (C=O) groups is 3. The predicted octanol–water partition coefficient (Wildman–Crippen LogP) is 3.42. The quantitative estimate of drug-likeness (QED) is 0.560. The van der Waals surface area contributed by atoms with Crippen LogP contribution in [0.25, 0.3) is 0 Å². The third kappa shape index (κ3) is 5.05. The molecule has 0 aliphatic rings. The first-order chi connectivity index (χ1) is 12.4. The van der Waals surface area contributed by atoms with E-state index in [-0.39, 0.29) is 23.4 Å². The molecule has 0 spiro atoms. The van der Waals surface area contributed by atoms with Crippen molar-refractivity contribution in [3.63, 3.8) is 0 Å². The summed E-state index contributed by atoms with van der Waals surface area (Å²) < 4.78 is 5.21. The van der Waals surface area contributed by atoms with E-state index in [1.165, 1.54) is 26.1 Å². The Morgan fingerprint density at radius 3 is 2.46 bits per heavy atom. The molecule has 6 nitrogen and oxygen atoms in total. The van der Waals surface area contributed by atoms with E-state index in [1.807, 2.05) is 37.3 Å². The Bertz CT molecular complexity index is 767. The predicted molar refractivity (Wildman–Crippen MR) is 97.9 cm³/mol. The van der Waals surface area contributed by atoms with Crippen molar-refractivity contribution in [2.24, 2.45) is 0 Å². The van der Waals surface area contributed by atoms with Gasteiger partial charge >= 0.3 is 5.97 Å². The summed E-state index contributed by atoms with van der Waals surface area (Å²) in [4.78, 5) is 38.5. The van der Waals surface area contributed by atoms with Gasteiger partial charge in [-0.3, -0.25) is 9.59 Å². The molecule has 0 saturated heterocycles. The number of H-pyrrole nitrogens is 1. The Balaban J connectivity index is 1.98. The van der Waals surface area contributed by atoms with Crippen molar-refractivity contribution in [3.05, 3.63) is 59.4 Å². The van der Waals surface area contributed by atoms with Crippen LogP contribution < -0.4 is 5.32 Å². The average molecular weight is 356 g/mol. The van der Waals surface area contributed by atoms with Crippen molar-refractivity contribution in [1.29, 1.82) is 0 Å². The number of esters is 1. The second-order valence-corrected chi connectivity index (χ2v) is 6.17. The molecule has 0 aliphatic heterocycles. The zero-order valence-corrected chi connectivity index (χ0v) is 15.2. The lowest BCUT2D eigenvalue weighted by atomic mass is 10.0. The molecular formula is C20H24N2O4. The first kappa shape index (κ1) is 19.4. The van der Waals surface area contributed by atoms with E-state index < -0.39 is 12.1 Å². The van der Waals surface area contributed by atoms with E-state index >= 15 is 0 Å². The lowest BCUT2D eigenvalue weighted by Gasteiger charge is -2.21. The molecule has 2 atom stereocenters. The normalized spacial score (nSPS) is 12.9. The summed E-state index contributed by atoms with van der Waals surface area (Å²) in [5.41, 5.74) is 1.54. The fraction of sp³-hybridized carbons (Fsp3) is 0.350. The largest absolute Gasteiger partial charge is 0.448 e. The summed E-state index contributed by atoms with van der Waals surface area (Å²) in [6, 6.07) is 11.0.